The van der Waals surface area contributed by atoms with Crippen LogP contribution in [0.15, 0.2) is 0 Å². The van der Waals surface area contributed by atoms with Gasteiger partial charge in [-0.1, -0.05) is 0 Å². The number of halogens is 1. The second-order valence-electron chi connectivity index (χ2n) is 0.378. The molecule has 22 valence electrons. The van der Waals surface area contributed by atoms with Gasteiger partial charge in [-0.2, -0.15) is 0 Å². The molecule has 0 unspecified atom stereocenters. The van der Waals surface area contributed by atoms with Crippen LogP contribution in [-0.4, -0.2) is 9.86 Å². The molecule has 4 heavy (non-hydrogen) atoms. The van der Waals surface area contributed by atoms with Crippen LogP contribution in [0.25, 0.3) is 0 Å². The maximum absolute atomic E-state index is 2.24. The molecule has 0 aromatic carbocycles. The van der Waals surface area contributed by atoms with Crippen LogP contribution in [0.1, 0.15) is 0 Å². The fourth-order valence-electron chi connectivity index (χ4n) is 0. The van der Waals surface area contributed by atoms with Gasteiger partial charge in [0.1, 0.15) is 0 Å². The Bertz CT molecular complexity index is 6.00. The Balaban J connectivity index is 0. The maximum atomic E-state index is 2.24. The molecular weight excluding hydrogens is 158 g/mol. The molecule has 0 spiro atoms. The minimum Gasteiger partial charge on any atom is 1.00 e. The van der Waals surface area contributed by atoms with Gasteiger partial charge in [0.15, 0.2) is 0 Å². The van der Waals surface area contributed by atoms with Crippen molar-refractivity contribution in [1.82, 2.24) is 0 Å². The molecule has 0 saturated carbocycles. The first-order chi connectivity index (χ1) is 1.41. The Hall–Kier alpha value is 1.33. The van der Waals surface area contributed by atoms with E-state index in [1.54, 1.807) is 0 Å². The molecule has 2 heteroatoms. The number of hydrogen-bond acceptors (Lipinski definition) is 0. The summed E-state index contributed by atoms with van der Waals surface area (Å²) in [5.41, 5.74) is 0. The summed E-state index contributed by atoms with van der Waals surface area (Å²) in [6.45, 7) is 0. The van der Waals surface area contributed by atoms with Crippen molar-refractivity contribution in [3.05, 3.63) is 0 Å². The van der Waals surface area contributed by atoms with Crippen molar-refractivity contribution in [2.75, 3.05) is 9.86 Å². The van der Waals surface area contributed by atoms with Crippen LogP contribution in [0.3, 0.4) is 0 Å². The zero-order valence-corrected chi connectivity index (χ0v) is 5.54. The van der Waals surface area contributed by atoms with Gasteiger partial charge < -0.3 is 0 Å². The SMILES string of the molecule is C[I-]C.[Li+]. The van der Waals surface area contributed by atoms with Crippen LogP contribution in [0.5, 0.6) is 0 Å². The van der Waals surface area contributed by atoms with E-state index in [0.29, 0.717) is 21.2 Å². The van der Waals surface area contributed by atoms with Crippen molar-refractivity contribution in [2.45, 2.75) is 0 Å². The Morgan fingerprint density at radius 1 is 1.25 bits per heavy atom. The Labute approximate surface area is 49.8 Å². The Morgan fingerprint density at radius 2 is 1.25 bits per heavy atom. The molecule has 0 amide bonds. The smallest absolute Gasteiger partial charge is 1.00 e. The molecule has 0 aliphatic heterocycles. The van der Waals surface area contributed by atoms with Gasteiger partial charge in [-0.05, 0) is 0 Å². The zero-order chi connectivity index (χ0) is 2.71. The molecule has 0 fully saturated rings. The molecule has 0 bridgehead atoms. The van der Waals surface area contributed by atoms with Crippen LogP contribution in [0.2, 0.25) is 0 Å². The Morgan fingerprint density at radius 3 is 1.25 bits per heavy atom. The van der Waals surface area contributed by atoms with E-state index in [2.05, 4.69) is 9.86 Å². The molecule has 0 radical (unpaired) electrons. The van der Waals surface area contributed by atoms with Crippen LogP contribution in [-0.2, 0) is 0 Å². The van der Waals surface area contributed by atoms with E-state index in [4.69, 9.17) is 0 Å². The van der Waals surface area contributed by atoms with Crippen LogP contribution in [0.4, 0.5) is 0 Å². The third-order valence-electron chi connectivity index (χ3n) is 0. The van der Waals surface area contributed by atoms with E-state index >= 15 is 0 Å². The standard InChI is InChI=1S/C2H6I.Li/c1-3-2;/h1-2H3;/q-1;+1. The molecule has 0 aliphatic carbocycles. The largest absolute Gasteiger partial charge is 1.00 e. The minimum atomic E-state index is 0. The summed E-state index contributed by atoms with van der Waals surface area (Å²) in [5, 5.41) is 0. The van der Waals surface area contributed by atoms with Crippen molar-refractivity contribution in [1.29, 1.82) is 0 Å². The fourth-order valence-corrected chi connectivity index (χ4v) is 0. The van der Waals surface area contributed by atoms with Gasteiger partial charge in [-0.15, -0.1) is 0 Å². The van der Waals surface area contributed by atoms with Crippen molar-refractivity contribution >= 4 is 0 Å². The van der Waals surface area contributed by atoms with E-state index in [1.165, 1.54) is 0 Å². The average Bonchev–Trinajstić information content (AvgIpc) is 0.918. The molecule has 0 saturated heterocycles. The van der Waals surface area contributed by atoms with Gasteiger partial charge in [-0.25, -0.2) is 0 Å². The van der Waals surface area contributed by atoms with E-state index in [-0.39, 0.29) is 18.9 Å². The summed E-state index contributed by atoms with van der Waals surface area (Å²) < 4.78 is 0. The van der Waals surface area contributed by atoms with Crippen LogP contribution < -0.4 is 40.1 Å². The van der Waals surface area contributed by atoms with Gasteiger partial charge in [-0.3, -0.25) is 0 Å². The number of alkyl halides is 2. The van der Waals surface area contributed by atoms with Crippen molar-refractivity contribution in [3.63, 3.8) is 0 Å². The second kappa shape index (κ2) is 8.84. The third-order valence-corrected chi connectivity index (χ3v) is 0. The zero-order valence-electron chi connectivity index (χ0n) is 3.38. The first-order valence-electron chi connectivity index (χ1n) is 0.756. The number of rotatable bonds is 0. The quantitative estimate of drug-likeness (QED) is 0.190. The number of hydrogen-bond donors (Lipinski definition) is 0. The molecule has 0 heterocycles. The summed E-state index contributed by atoms with van der Waals surface area (Å²) in [5.74, 6) is 0. The maximum Gasteiger partial charge on any atom is 1.00 e. The topological polar surface area (TPSA) is 0 Å². The van der Waals surface area contributed by atoms with E-state index in [9.17, 15) is 0 Å². The monoisotopic (exact) mass is 164 g/mol. The Kier molecular flexibility index (Phi) is 19.9. The van der Waals surface area contributed by atoms with E-state index in [0.717, 1.165) is 0 Å². The van der Waals surface area contributed by atoms with Crippen LogP contribution >= 0.6 is 0 Å². The van der Waals surface area contributed by atoms with Gasteiger partial charge in [0.25, 0.3) is 0 Å². The molecule has 0 nitrogen and oxygen atoms in total. The summed E-state index contributed by atoms with van der Waals surface area (Å²) in [6.07, 6.45) is 0. The first kappa shape index (κ1) is 9.01. The predicted molar refractivity (Wildman–Crippen MR) is 11.8 cm³/mol. The van der Waals surface area contributed by atoms with Gasteiger partial charge in [0.05, 0.1) is 0 Å². The van der Waals surface area contributed by atoms with Crippen LogP contribution in [0, 0.1) is 0 Å². The molecule has 0 rings (SSSR count). The van der Waals surface area contributed by atoms with Gasteiger partial charge in [0.2, 0.25) is 0 Å². The van der Waals surface area contributed by atoms with E-state index in [1.807, 2.05) is 0 Å². The summed E-state index contributed by atoms with van der Waals surface area (Å²) in [6, 6.07) is 0. The average molecular weight is 164 g/mol. The molecule has 0 atom stereocenters. The molecular formula is C2H6ILi. The van der Waals surface area contributed by atoms with Crippen molar-refractivity contribution in [2.24, 2.45) is 0 Å². The predicted octanol–water partition coefficient (Wildman–Crippen LogP) is -5.66. The van der Waals surface area contributed by atoms with Gasteiger partial charge in [0, 0.05) is 0 Å². The molecule has 0 N–H and O–H groups in total. The molecule has 0 aromatic rings. The van der Waals surface area contributed by atoms with Gasteiger partial charge >= 0.3 is 49.9 Å². The first-order valence-corrected chi connectivity index (χ1v) is 5.07. The van der Waals surface area contributed by atoms with Crippen molar-refractivity contribution < 1.29 is 40.1 Å². The minimum absolute atomic E-state index is 0. The molecule has 0 aromatic heterocycles. The normalized spacial score (nSPS) is 5.50. The summed E-state index contributed by atoms with van der Waals surface area (Å²) in [7, 11) is 0. The van der Waals surface area contributed by atoms with E-state index < -0.39 is 0 Å². The third kappa shape index (κ3) is 10.2. The van der Waals surface area contributed by atoms with Crippen molar-refractivity contribution in [3.8, 4) is 0 Å². The summed E-state index contributed by atoms with van der Waals surface area (Å²) >= 11 is 0.590. The summed E-state index contributed by atoms with van der Waals surface area (Å²) in [4.78, 5) is 4.47. The second-order valence-corrected chi connectivity index (χ2v) is 2.54. The fraction of sp³-hybridized carbons (Fsp3) is 1.00. The molecule has 0 aliphatic rings.